The van der Waals surface area contributed by atoms with Gasteiger partial charge in [0, 0.05) is 17.7 Å². The highest BCUT2D eigenvalue weighted by molar-refractivity contribution is 6.06. The number of halogens is 1. The number of phenols is 1. The normalized spacial score (nSPS) is 10.9. The van der Waals surface area contributed by atoms with Crippen LogP contribution in [-0.2, 0) is 6.61 Å². The molecule has 1 N–H and O–H groups in total. The van der Waals surface area contributed by atoms with Gasteiger partial charge in [-0.15, -0.1) is 0 Å². The van der Waals surface area contributed by atoms with Crippen molar-refractivity contribution in [3.05, 3.63) is 93.7 Å². The molecular weight excluding hydrogens is 369 g/mol. The van der Waals surface area contributed by atoms with Crippen molar-refractivity contribution in [2.24, 2.45) is 0 Å². The minimum atomic E-state index is -0.669. The van der Waals surface area contributed by atoms with Gasteiger partial charge >= 0.3 is 5.69 Å². The van der Waals surface area contributed by atoms with Gasteiger partial charge in [-0.1, -0.05) is 12.1 Å². The Labute approximate surface area is 158 Å². The van der Waals surface area contributed by atoms with E-state index in [4.69, 9.17) is 9.15 Å². The number of carbonyl (C=O) groups excluding carboxylic acids is 1. The first-order valence-electron chi connectivity index (χ1n) is 8.09. The number of ketones is 1. The molecule has 8 heteroatoms. The molecule has 0 aliphatic carbocycles. The number of furan rings is 1. The van der Waals surface area contributed by atoms with Crippen LogP contribution >= 0.6 is 0 Å². The maximum absolute atomic E-state index is 13.3. The number of allylic oxidation sites excluding steroid dienone is 1. The summed E-state index contributed by atoms with van der Waals surface area (Å²) < 4.78 is 24.1. The van der Waals surface area contributed by atoms with Gasteiger partial charge in [0.25, 0.3) is 0 Å². The Morgan fingerprint density at radius 3 is 2.79 bits per heavy atom. The molecule has 1 heterocycles. The highest BCUT2D eigenvalue weighted by Gasteiger charge is 2.16. The second-order valence-corrected chi connectivity index (χ2v) is 5.71. The largest absolute Gasteiger partial charge is 0.508 e. The van der Waals surface area contributed by atoms with Crippen molar-refractivity contribution in [1.29, 1.82) is 0 Å². The summed E-state index contributed by atoms with van der Waals surface area (Å²) in [5.74, 6) is -0.501. The molecule has 0 aliphatic heterocycles. The average Bonchev–Trinajstić information content (AvgIpc) is 3.12. The van der Waals surface area contributed by atoms with Crippen molar-refractivity contribution < 1.29 is 28.4 Å². The van der Waals surface area contributed by atoms with Gasteiger partial charge in [-0.05, 0) is 42.5 Å². The summed E-state index contributed by atoms with van der Waals surface area (Å²) in [5.41, 5.74) is -0.0328. The van der Waals surface area contributed by atoms with Gasteiger partial charge in [0.15, 0.2) is 11.5 Å². The molecule has 0 unspecified atom stereocenters. The molecule has 0 amide bonds. The molecule has 0 radical (unpaired) electrons. The van der Waals surface area contributed by atoms with E-state index in [2.05, 4.69) is 0 Å². The molecular formula is C20H14FNO6. The van der Waals surface area contributed by atoms with E-state index in [1.54, 1.807) is 24.3 Å². The summed E-state index contributed by atoms with van der Waals surface area (Å²) in [7, 11) is 0. The topological polar surface area (TPSA) is 103 Å². The van der Waals surface area contributed by atoms with Crippen molar-refractivity contribution in [2.75, 3.05) is 0 Å². The van der Waals surface area contributed by atoms with Gasteiger partial charge in [-0.25, -0.2) is 4.39 Å². The summed E-state index contributed by atoms with van der Waals surface area (Å²) in [6.07, 6.45) is 2.73. The molecule has 1 aromatic heterocycles. The number of nitrogens with zero attached hydrogens (tertiary/aromatic N) is 1. The Kier molecular flexibility index (Phi) is 5.50. The molecule has 0 saturated carbocycles. The number of hydrogen-bond acceptors (Lipinski definition) is 6. The van der Waals surface area contributed by atoms with Gasteiger partial charge in [0.1, 0.15) is 29.7 Å². The molecule has 0 fully saturated rings. The number of aromatic hydroxyl groups is 1. The van der Waals surface area contributed by atoms with E-state index in [9.17, 15) is 24.4 Å². The van der Waals surface area contributed by atoms with E-state index in [1.807, 2.05) is 0 Å². The number of rotatable bonds is 7. The van der Waals surface area contributed by atoms with Crippen molar-refractivity contribution in [2.45, 2.75) is 6.61 Å². The van der Waals surface area contributed by atoms with Crippen molar-refractivity contribution >= 4 is 17.5 Å². The molecule has 28 heavy (non-hydrogen) atoms. The number of nitro benzene ring substituents is 1. The Hall–Kier alpha value is -3.94. The summed E-state index contributed by atoms with van der Waals surface area (Å²) in [4.78, 5) is 22.3. The summed E-state index contributed by atoms with van der Waals surface area (Å²) in [5, 5.41) is 20.4. The first-order chi connectivity index (χ1) is 13.4. The maximum Gasteiger partial charge on any atom is 0.311 e. The minimum absolute atomic E-state index is 0.0110. The van der Waals surface area contributed by atoms with Crippen LogP contribution in [0.1, 0.15) is 21.9 Å². The molecule has 0 saturated heterocycles. The fraction of sp³-hybridized carbons (Fsp3) is 0.0500. The Balaban J connectivity index is 1.66. The van der Waals surface area contributed by atoms with Crippen LogP contribution in [0.2, 0.25) is 0 Å². The zero-order valence-electron chi connectivity index (χ0n) is 14.4. The lowest BCUT2D eigenvalue weighted by molar-refractivity contribution is -0.386. The van der Waals surface area contributed by atoms with E-state index in [-0.39, 0.29) is 29.6 Å². The Morgan fingerprint density at radius 1 is 1.21 bits per heavy atom. The second-order valence-electron chi connectivity index (χ2n) is 5.71. The van der Waals surface area contributed by atoms with Crippen LogP contribution in [0.4, 0.5) is 10.1 Å². The molecule has 0 atom stereocenters. The second kappa shape index (κ2) is 8.17. The van der Waals surface area contributed by atoms with Gasteiger partial charge in [-0.3, -0.25) is 14.9 Å². The highest BCUT2D eigenvalue weighted by Crippen LogP contribution is 2.28. The zero-order chi connectivity index (χ0) is 20.1. The van der Waals surface area contributed by atoms with Gasteiger partial charge in [0.2, 0.25) is 0 Å². The monoisotopic (exact) mass is 383 g/mol. The predicted molar refractivity (Wildman–Crippen MR) is 97.6 cm³/mol. The summed E-state index contributed by atoms with van der Waals surface area (Å²) in [6, 6.07) is 12.0. The highest BCUT2D eigenvalue weighted by atomic mass is 19.1. The third-order valence-corrected chi connectivity index (χ3v) is 3.70. The smallest absolute Gasteiger partial charge is 0.311 e. The van der Waals surface area contributed by atoms with Crippen LogP contribution in [0.25, 0.3) is 6.08 Å². The minimum Gasteiger partial charge on any atom is -0.508 e. The van der Waals surface area contributed by atoms with Gasteiger partial charge in [-0.2, -0.15) is 0 Å². The molecule has 0 spiro atoms. The third kappa shape index (κ3) is 4.61. The van der Waals surface area contributed by atoms with Crippen LogP contribution in [-0.4, -0.2) is 15.8 Å². The first kappa shape index (κ1) is 18.8. The average molecular weight is 383 g/mol. The Morgan fingerprint density at radius 2 is 2.04 bits per heavy atom. The van der Waals surface area contributed by atoms with E-state index < -0.39 is 10.7 Å². The van der Waals surface area contributed by atoms with E-state index in [0.717, 1.165) is 18.2 Å². The molecule has 142 valence electrons. The maximum atomic E-state index is 13.3. The summed E-state index contributed by atoms with van der Waals surface area (Å²) >= 11 is 0. The number of carbonyl (C=O) groups is 1. The number of nitro groups is 1. The van der Waals surface area contributed by atoms with Gasteiger partial charge < -0.3 is 14.3 Å². The number of ether oxygens (including phenoxy) is 1. The van der Waals surface area contributed by atoms with Gasteiger partial charge in [0.05, 0.1) is 4.92 Å². The predicted octanol–water partition coefficient (Wildman–Crippen LogP) is 4.51. The van der Waals surface area contributed by atoms with Crippen LogP contribution < -0.4 is 4.74 Å². The van der Waals surface area contributed by atoms with E-state index in [0.29, 0.717) is 17.1 Å². The molecule has 3 rings (SSSR count). The molecule has 0 bridgehead atoms. The van der Waals surface area contributed by atoms with Crippen LogP contribution in [0.15, 0.2) is 65.1 Å². The van der Waals surface area contributed by atoms with Crippen molar-refractivity contribution in [1.82, 2.24) is 0 Å². The quantitative estimate of drug-likeness (QED) is 0.279. The number of benzene rings is 2. The van der Waals surface area contributed by atoms with Crippen LogP contribution in [0, 0.1) is 15.9 Å². The first-order valence-corrected chi connectivity index (χ1v) is 8.09. The standard InChI is InChI=1S/C20H14FNO6/c21-14-4-8-18(22(25)26)20(11-14)27-12-17-6-5-16(28-17)7-9-19(24)13-2-1-3-15(23)10-13/h1-11,23H,12H2/b9-7+. The summed E-state index contributed by atoms with van der Waals surface area (Å²) in [6.45, 7) is -0.154. The SMILES string of the molecule is O=C(/C=C/c1ccc(COc2cc(F)ccc2[N+](=O)[O-])o1)c1cccc(O)c1. The number of hydrogen-bond donors (Lipinski definition) is 1. The van der Waals surface area contributed by atoms with Crippen LogP contribution in [0.3, 0.4) is 0 Å². The molecule has 0 aliphatic rings. The lowest BCUT2D eigenvalue weighted by Gasteiger charge is -2.05. The fourth-order valence-corrected chi connectivity index (χ4v) is 2.38. The lowest BCUT2D eigenvalue weighted by atomic mass is 10.1. The lowest BCUT2D eigenvalue weighted by Crippen LogP contribution is -1.99. The fourth-order valence-electron chi connectivity index (χ4n) is 2.38. The van der Waals surface area contributed by atoms with E-state index >= 15 is 0 Å². The van der Waals surface area contributed by atoms with Crippen LogP contribution in [0.5, 0.6) is 11.5 Å². The molecule has 7 nitrogen and oxygen atoms in total. The number of phenolic OH excluding ortho intramolecular Hbond substituents is 1. The Bertz CT molecular complexity index is 1060. The van der Waals surface area contributed by atoms with Crippen molar-refractivity contribution in [3.63, 3.8) is 0 Å². The van der Waals surface area contributed by atoms with Crippen molar-refractivity contribution in [3.8, 4) is 11.5 Å². The third-order valence-electron chi connectivity index (χ3n) is 3.70. The zero-order valence-corrected chi connectivity index (χ0v) is 14.4. The van der Waals surface area contributed by atoms with E-state index in [1.165, 1.54) is 24.3 Å². The molecule has 3 aromatic rings. The molecule has 2 aromatic carbocycles.